The Labute approximate surface area is 140 Å². The van der Waals surface area contributed by atoms with Crippen molar-refractivity contribution in [2.45, 2.75) is 9.10 Å². The fraction of sp³-hybridized carbons (Fsp3) is 0. The topological polar surface area (TPSA) is 73.0 Å². The van der Waals surface area contributed by atoms with Gasteiger partial charge in [-0.05, 0) is 24.3 Å². The first-order valence-electron chi connectivity index (χ1n) is 6.31. The molecule has 112 valence electrons. The van der Waals surface area contributed by atoms with Crippen LogP contribution in [0.1, 0.15) is 0 Å². The second-order valence-corrected chi connectivity index (χ2v) is 8.60. The van der Waals surface area contributed by atoms with E-state index in [-0.39, 0.29) is 14.2 Å². The van der Waals surface area contributed by atoms with Gasteiger partial charge in [-0.3, -0.25) is 0 Å². The van der Waals surface area contributed by atoms with E-state index >= 15 is 0 Å². The summed E-state index contributed by atoms with van der Waals surface area (Å²) in [5.41, 5.74) is 6.86. The van der Waals surface area contributed by atoms with Crippen molar-refractivity contribution in [3.05, 3.63) is 59.1 Å². The Hall–Kier alpha value is -1.70. The van der Waals surface area contributed by atoms with Gasteiger partial charge < -0.3 is 5.73 Å². The molecule has 0 atom stereocenters. The molecule has 0 aliphatic heterocycles. The van der Waals surface area contributed by atoms with E-state index in [0.29, 0.717) is 11.3 Å². The first-order valence-corrected chi connectivity index (χ1v) is 9.40. The maximum Gasteiger partial charge on any atom is 0.218 e. The van der Waals surface area contributed by atoms with Crippen molar-refractivity contribution in [1.82, 2.24) is 4.98 Å². The number of benzene rings is 2. The van der Waals surface area contributed by atoms with Crippen LogP contribution in [0.3, 0.4) is 0 Å². The number of anilines is 1. The van der Waals surface area contributed by atoms with Crippen LogP contribution in [0, 0.1) is 0 Å². The number of nitrogen functional groups attached to an aromatic ring is 1. The van der Waals surface area contributed by atoms with E-state index in [0.717, 1.165) is 15.8 Å². The second kappa shape index (κ2) is 5.83. The van der Waals surface area contributed by atoms with E-state index in [9.17, 15) is 8.42 Å². The highest BCUT2D eigenvalue weighted by molar-refractivity contribution is 9.10. The molecule has 0 radical (unpaired) electrons. The Morgan fingerprint density at radius 3 is 2.27 bits per heavy atom. The van der Waals surface area contributed by atoms with Crippen molar-refractivity contribution in [3.63, 3.8) is 0 Å². The number of hydrogen-bond acceptors (Lipinski definition) is 5. The molecule has 3 aromatic rings. The molecular weight excluding hydrogens is 384 g/mol. The molecule has 2 aromatic carbocycles. The van der Waals surface area contributed by atoms with Crippen LogP contribution in [0.15, 0.2) is 68.2 Å². The lowest BCUT2D eigenvalue weighted by atomic mass is 10.2. The van der Waals surface area contributed by atoms with E-state index in [1.165, 1.54) is 0 Å². The van der Waals surface area contributed by atoms with E-state index < -0.39 is 9.84 Å². The molecule has 3 rings (SSSR count). The third-order valence-corrected chi connectivity index (χ3v) is 6.72. The molecule has 0 saturated carbocycles. The Balaban J connectivity index is 2.19. The molecule has 0 amide bonds. The van der Waals surface area contributed by atoms with Gasteiger partial charge in [-0.15, -0.1) is 0 Å². The summed E-state index contributed by atoms with van der Waals surface area (Å²) in [6.45, 7) is 0. The van der Waals surface area contributed by atoms with Crippen LogP contribution in [-0.2, 0) is 9.84 Å². The van der Waals surface area contributed by atoms with Crippen LogP contribution in [0.5, 0.6) is 0 Å². The monoisotopic (exact) mass is 394 g/mol. The maximum atomic E-state index is 12.8. The lowest BCUT2D eigenvalue weighted by Crippen LogP contribution is -2.01. The highest BCUT2D eigenvalue weighted by atomic mass is 79.9. The molecule has 7 heteroatoms. The quantitative estimate of drug-likeness (QED) is 0.728. The zero-order valence-electron chi connectivity index (χ0n) is 11.2. The number of nitrogens with zero attached hydrogens (tertiary/aromatic N) is 1. The van der Waals surface area contributed by atoms with Gasteiger partial charge in [0.15, 0.2) is 9.34 Å². The third-order valence-electron chi connectivity index (χ3n) is 3.03. The zero-order chi connectivity index (χ0) is 15.7. The fourth-order valence-electron chi connectivity index (χ4n) is 2.00. The van der Waals surface area contributed by atoms with E-state index in [1.54, 1.807) is 30.3 Å². The lowest BCUT2D eigenvalue weighted by molar-refractivity contribution is 0.598. The number of thiazole rings is 1. The predicted molar refractivity (Wildman–Crippen MR) is 91.6 cm³/mol. The smallest absolute Gasteiger partial charge is 0.218 e. The van der Waals surface area contributed by atoms with E-state index in [4.69, 9.17) is 5.73 Å². The van der Waals surface area contributed by atoms with Crippen molar-refractivity contribution in [3.8, 4) is 11.3 Å². The Morgan fingerprint density at radius 1 is 1.00 bits per heavy atom. The molecule has 0 spiro atoms. The number of rotatable bonds is 3. The predicted octanol–water partition coefficient (Wildman–Crippen LogP) is 3.99. The van der Waals surface area contributed by atoms with Crippen molar-refractivity contribution >= 4 is 42.2 Å². The molecule has 1 heterocycles. The second-order valence-electron chi connectivity index (χ2n) is 4.51. The van der Waals surface area contributed by atoms with Gasteiger partial charge in [0, 0.05) is 10.0 Å². The van der Waals surface area contributed by atoms with Crippen LogP contribution in [0.4, 0.5) is 5.13 Å². The molecule has 4 nitrogen and oxygen atoms in total. The molecule has 0 bridgehead atoms. The summed E-state index contributed by atoms with van der Waals surface area (Å²) in [4.78, 5) is 4.44. The molecule has 0 aliphatic carbocycles. The zero-order valence-corrected chi connectivity index (χ0v) is 14.5. The Bertz CT molecular complexity index is 904. The highest BCUT2D eigenvalue weighted by Gasteiger charge is 2.26. The minimum atomic E-state index is -3.64. The summed E-state index contributed by atoms with van der Waals surface area (Å²) in [5, 5.41) is 0.229. The molecule has 1 aromatic heterocycles. The van der Waals surface area contributed by atoms with Crippen molar-refractivity contribution in [2.75, 3.05) is 5.73 Å². The first-order chi connectivity index (χ1) is 10.5. The van der Waals surface area contributed by atoms with Gasteiger partial charge in [0.25, 0.3) is 0 Å². The molecule has 2 N–H and O–H groups in total. The molecule has 0 aliphatic rings. The van der Waals surface area contributed by atoms with Gasteiger partial charge >= 0.3 is 0 Å². The summed E-state index contributed by atoms with van der Waals surface area (Å²) < 4.78 is 26.7. The maximum absolute atomic E-state index is 12.8. The SMILES string of the molecule is Nc1nc(-c2ccc(Br)cc2)c(S(=O)(=O)c2ccccc2)s1. The summed E-state index contributed by atoms with van der Waals surface area (Å²) in [6.07, 6.45) is 0. The largest absolute Gasteiger partial charge is 0.375 e. The number of sulfone groups is 1. The Morgan fingerprint density at radius 2 is 1.64 bits per heavy atom. The van der Waals surface area contributed by atoms with Crippen molar-refractivity contribution < 1.29 is 8.42 Å². The van der Waals surface area contributed by atoms with Gasteiger partial charge in [-0.1, -0.05) is 57.6 Å². The number of aromatic nitrogens is 1. The van der Waals surface area contributed by atoms with Gasteiger partial charge in [0.05, 0.1) is 4.90 Å². The Kier molecular flexibility index (Phi) is 4.03. The normalized spacial score (nSPS) is 11.5. The van der Waals surface area contributed by atoms with Crippen molar-refractivity contribution in [2.24, 2.45) is 0 Å². The van der Waals surface area contributed by atoms with Crippen LogP contribution in [0.2, 0.25) is 0 Å². The van der Waals surface area contributed by atoms with Gasteiger partial charge in [0.2, 0.25) is 9.84 Å². The van der Waals surface area contributed by atoms with Gasteiger partial charge in [-0.25, -0.2) is 13.4 Å². The molecular formula is C15H11BrN2O2S2. The molecule has 0 fully saturated rings. The van der Waals surface area contributed by atoms with Crippen molar-refractivity contribution in [1.29, 1.82) is 0 Å². The van der Waals surface area contributed by atoms with Crippen LogP contribution in [0.25, 0.3) is 11.3 Å². The minimum Gasteiger partial charge on any atom is -0.375 e. The standard InChI is InChI=1S/C15H11BrN2O2S2/c16-11-8-6-10(7-9-11)13-14(21-15(17)18-13)22(19,20)12-4-2-1-3-5-12/h1-9H,(H2,17,18). The molecule has 0 saturated heterocycles. The van der Waals surface area contributed by atoms with Crippen LogP contribution < -0.4 is 5.73 Å². The molecule has 22 heavy (non-hydrogen) atoms. The third kappa shape index (κ3) is 2.79. The minimum absolute atomic E-state index is 0.165. The number of nitrogens with two attached hydrogens (primary N) is 1. The number of hydrogen-bond donors (Lipinski definition) is 1. The summed E-state index contributed by atoms with van der Waals surface area (Å²) in [6, 6.07) is 15.6. The van der Waals surface area contributed by atoms with E-state index in [2.05, 4.69) is 20.9 Å². The summed E-state index contributed by atoms with van der Waals surface area (Å²) in [5.74, 6) is 0. The fourth-order valence-corrected chi connectivity index (χ4v) is 4.98. The van der Waals surface area contributed by atoms with Gasteiger partial charge in [0.1, 0.15) is 5.69 Å². The average Bonchev–Trinajstić information content (AvgIpc) is 2.92. The van der Waals surface area contributed by atoms with Crippen LogP contribution >= 0.6 is 27.3 Å². The van der Waals surface area contributed by atoms with Gasteiger partial charge in [-0.2, -0.15) is 0 Å². The van der Waals surface area contributed by atoms with E-state index in [1.807, 2.05) is 24.3 Å². The van der Waals surface area contributed by atoms with Crippen LogP contribution in [-0.4, -0.2) is 13.4 Å². The lowest BCUT2D eigenvalue weighted by Gasteiger charge is -2.05. The average molecular weight is 395 g/mol. The first kappa shape index (κ1) is 15.2. The summed E-state index contributed by atoms with van der Waals surface area (Å²) >= 11 is 4.34. The number of halogens is 1. The molecule has 0 unspecified atom stereocenters. The summed E-state index contributed by atoms with van der Waals surface area (Å²) in [7, 11) is -3.64. The highest BCUT2D eigenvalue weighted by Crippen LogP contribution is 2.37.